The number of carbonyl (C=O) groups excluding carboxylic acids is 1. The molecular weight excluding hydrogens is 290 g/mol. The van der Waals surface area contributed by atoms with Crippen LogP contribution in [0.1, 0.15) is 24.8 Å². The minimum Gasteiger partial charge on any atom is -0.480 e. The maximum absolute atomic E-state index is 13.0. The summed E-state index contributed by atoms with van der Waals surface area (Å²) in [5.41, 5.74) is 1.13. The molecule has 1 fully saturated rings. The predicted octanol–water partition coefficient (Wildman–Crippen LogP) is 2.27. The van der Waals surface area contributed by atoms with Gasteiger partial charge >= 0.3 is 0 Å². The van der Waals surface area contributed by atoms with Crippen molar-refractivity contribution in [3.8, 4) is 5.75 Å². The molecule has 2 atom stereocenters. The lowest BCUT2D eigenvalue weighted by molar-refractivity contribution is -0.142. The first-order valence-electron chi connectivity index (χ1n) is 8.34. The van der Waals surface area contributed by atoms with Gasteiger partial charge in [0.15, 0.2) is 6.10 Å². The van der Waals surface area contributed by atoms with Crippen LogP contribution in [0.5, 0.6) is 5.75 Å². The maximum Gasteiger partial charge on any atom is 0.264 e. The molecule has 1 saturated heterocycles. The molecule has 0 saturated carbocycles. The van der Waals surface area contributed by atoms with Crippen molar-refractivity contribution in [1.29, 1.82) is 0 Å². The molecule has 2 aliphatic rings. The number of carbonyl (C=O) groups is 1. The Hall–Kier alpha value is -2.30. The van der Waals surface area contributed by atoms with Crippen molar-refractivity contribution in [3.05, 3.63) is 48.3 Å². The zero-order chi connectivity index (χ0) is 15.6. The van der Waals surface area contributed by atoms with Crippen LogP contribution in [0.2, 0.25) is 0 Å². The second kappa shape index (κ2) is 6.07. The number of amides is 1. The quantitative estimate of drug-likeness (QED) is 0.873. The largest absolute Gasteiger partial charge is 0.480 e. The van der Waals surface area contributed by atoms with Gasteiger partial charge in [0, 0.05) is 25.4 Å². The topological polar surface area (TPSA) is 47.4 Å². The van der Waals surface area contributed by atoms with E-state index in [0.717, 1.165) is 37.2 Å². The number of rotatable bonds is 3. The van der Waals surface area contributed by atoms with E-state index in [2.05, 4.69) is 5.10 Å². The number of fused-ring (bicyclic) bond motifs is 1. The van der Waals surface area contributed by atoms with Gasteiger partial charge in [-0.1, -0.05) is 18.2 Å². The number of hydrogen-bond acceptors (Lipinski definition) is 3. The molecule has 0 aliphatic carbocycles. The summed E-state index contributed by atoms with van der Waals surface area (Å²) >= 11 is 0. The number of nitrogens with zero attached hydrogens (tertiary/aromatic N) is 3. The van der Waals surface area contributed by atoms with Crippen LogP contribution in [-0.2, 0) is 17.8 Å². The molecule has 3 heterocycles. The average Bonchev–Trinajstić information content (AvgIpc) is 3.23. The van der Waals surface area contributed by atoms with Crippen LogP contribution in [0, 0.1) is 0 Å². The van der Waals surface area contributed by atoms with Crippen LogP contribution in [0.25, 0.3) is 0 Å². The summed E-state index contributed by atoms with van der Waals surface area (Å²) in [6.45, 7) is 1.58. The van der Waals surface area contributed by atoms with Gasteiger partial charge in [-0.05, 0) is 37.0 Å². The van der Waals surface area contributed by atoms with Gasteiger partial charge in [0.1, 0.15) is 5.75 Å². The third kappa shape index (κ3) is 2.83. The zero-order valence-electron chi connectivity index (χ0n) is 13.1. The van der Waals surface area contributed by atoms with Crippen LogP contribution in [-0.4, -0.2) is 39.3 Å². The zero-order valence-corrected chi connectivity index (χ0v) is 13.1. The minimum atomic E-state index is -0.370. The van der Waals surface area contributed by atoms with Crippen LogP contribution in [0.15, 0.2) is 42.7 Å². The molecule has 120 valence electrons. The summed E-state index contributed by atoms with van der Waals surface area (Å²) in [5, 5.41) is 4.28. The first-order valence-corrected chi connectivity index (χ1v) is 8.34. The van der Waals surface area contributed by atoms with Crippen molar-refractivity contribution in [2.24, 2.45) is 0 Å². The Balaban J connectivity index is 1.48. The normalized spacial score (nSPS) is 23.4. The number of para-hydroxylation sites is 1. The molecule has 1 aromatic carbocycles. The number of ether oxygens (including phenoxy) is 1. The van der Waals surface area contributed by atoms with Crippen molar-refractivity contribution in [2.75, 3.05) is 6.54 Å². The van der Waals surface area contributed by atoms with Crippen LogP contribution < -0.4 is 4.74 Å². The minimum absolute atomic E-state index is 0.123. The van der Waals surface area contributed by atoms with E-state index in [0.29, 0.717) is 6.42 Å². The molecule has 0 spiro atoms. The van der Waals surface area contributed by atoms with Crippen molar-refractivity contribution in [3.63, 3.8) is 0 Å². The van der Waals surface area contributed by atoms with Gasteiger partial charge in [0.05, 0.1) is 12.6 Å². The number of hydrogen-bond donors (Lipinski definition) is 0. The van der Waals surface area contributed by atoms with Crippen LogP contribution in [0.4, 0.5) is 0 Å². The summed E-state index contributed by atoms with van der Waals surface area (Å²) in [4.78, 5) is 15.0. The molecule has 2 aromatic rings. The molecule has 0 unspecified atom stereocenters. The summed E-state index contributed by atoms with van der Waals surface area (Å²) in [6, 6.07) is 10.1. The molecule has 5 heteroatoms. The van der Waals surface area contributed by atoms with Gasteiger partial charge in [-0.15, -0.1) is 0 Å². The smallest absolute Gasteiger partial charge is 0.264 e. The third-order valence-corrected chi connectivity index (χ3v) is 4.79. The van der Waals surface area contributed by atoms with E-state index in [4.69, 9.17) is 4.74 Å². The third-order valence-electron chi connectivity index (χ3n) is 4.79. The van der Waals surface area contributed by atoms with E-state index in [1.54, 1.807) is 6.20 Å². The molecular formula is C18H21N3O2. The lowest BCUT2D eigenvalue weighted by Crippen LogP contribution is -2.50. The molecule has 4 rings (SSSR count). The van der Waals surface area contributed by atoms with E-state index in [1.165, 1.54) is 6.42 Å². The number of benzene rings is 1. The second-order valence-corrected chi connectivity index (χ2v) is 6.33. The van der Waals surface area contributed by atoms with Crippen molar-refractivity contribution < 1.29 is 9.53 Å². The lowest BCUT2D eigenvalue weighted by atomic mass is 10.0. The Kier molecular flexibility index (Phi) is 3.77. The molecule has 1 amide bonds. The van der Waals surface area contributed by atoms with Gasteiger partial charge in [-0.3, -0.25) is 9.48 Å². The number of aromatic nitrogens is 2. The standard InChI is InChI=1S/C18H21N3O2/c22-18(17-12-14-6-1-2-8-16(14)23-17)21-11-4-3-7-15(21)13-20-10-5-9-19-20/h1-2,5-6,8-10,15,17H,3-4,7,11-13H2/t15-,17+/m1/s1. The molecule has 0 N–H and O–H groups in total. The van der Waals surface area contributed by atoms with Crippen molar-refractivity contribution >= 4 is 5.91 Å². The molecule has 0 bridgehead atoms. The lowest BCUT2D eigenvalue weighted by Gasteiger charge is -2.37. The summed E-state index contributed by atoms with van der Waals surface area (Å²) in [6.07, 6.45) is 7.32. The fourth-order valence-electron chi connectivity index (χ4n) is 3.61. The van der Waals surface area contributed by atoms with Crippen LogP contribution >= 0.6 is 0 Å². The second-order valence-electron chi connectivity index (χ2n) is 6.33. The first kappa shape index (κ1) is 14.3. The number of likely N-dealkylation sites (tertiary alicyclic amines) is 1. The Morgan fingerprint density at radius 1 is 1.26 bits per heavy atom. The van der Waals surface area contributed by atoms with Crippen LogP contribution in [0.3, 0.4) is 0 Å². The first-order chi connectivity index (χ1) is 11.3. The van der Waals surface area contributed by atoms with Crippen molar-refractivity contribution in [2.45, 2.75) is 44.4 Å². The summed E-state index contributed by atoms with van der Waals surface area (Å²) in [7, 11) is 0. The Labute approximate surface area is 135 Å². The summed E-state index contributed by atoms with van der Waals surface area (Å²) in [5.74, 6) is 0.976. The highest BCUT2D eigenvalue weighted by Crippen LogP contribution is 2.30. The Bertz CT molecular complexity index is 658. The molecule has 0 radical (unpaired) electrons. The van der Waals surface area contributed by atoms with Gasteiger partial charge in [-0.2, -0.15) is 5.10 Å². The van der Waals surface area contributed by atoms with E-state index in [1.807, 2.05) is 46.1 Å². The predicted molar refractivity (Wildman–Crippen MR) is 86.1 cm³/mol. The van der Waals surface area contributed by atoms with E-state index >= 15 is 0 Å². The highest BCUT2D eigenvalue weighted by molar-refractivity contribution is 5.83. The van der Waals surface area contributed by atoms with E-state index < -0.39 is 0 Å². The Morgan fingerprint density at radius 3 is 3.00 bits per heavy atom. The fraction of sp³-hybridized carbons (Fsp3) is 0.444. The van der Waals surface area contributed by atoms with Gasteiger partial charge in [0.2, 0.25) is 0 Å². The SMILES string of the molecule is O=C([C@@H]1Cc2ccccc2O1)N1CCCC[C@@H]1Cn1cccn1. The van der Waals surface area contributed by atoms with Gasteiger partial charge in [-0.25, -0.2) is 0 Å². The van der Waals surface area contributed by atoms with Gasteiger partial charge < -0.3 is 9.64 Å². The number of piperidine rings is 1. The monoisotopic (exact) mass is 311 g/mol. The molecule has 5 nitrogen and oxygen atoms in total. The fourth-order valence-corrected chi connectivity index (χ4v) is 3.61. The van der Waals surface area contributed by atoms with Crippen molar-refractivity contribution in [1.82, 2.24) is 14.7 Å². The molecule has 2 aliphatic heterocycles. The highest BCUT2D eigenvalue weighted by Gasteiger charge is 2.36. The maximum atomic E-state index is 13.0. The molecule has 23 heavy (non-hydrogen) atoms. The van der Waals surface area contributed by atoms with E-state index in [9.17, 15) is 4.79 Å². The Morgan fingerprint density at radius 2 is 2.17 bits per heavy atom. The summed E-state index contributed by atoms with van der Waals surface area (Å²) < 4.78 is 7.81. The molecule has 1 aromatic heterocycles. The van der Waals surface area contributed by atoms with E-state index in [-0.39, 0.29) is 18.1 Å². The highest BCUT2D eigenvalue weighted by atomic mass is 16.5. The average molecular weight is 311 g/mol. The van der Waals surface area contributed by atoms with Gasteiger partial charge in [0.25, 0.3) is 5.91 Å².